The van der Waals surface area contributed by atoms with Gasteiger partial charge >= 0.3 is 0 Å². The van der Waals surface area contributed by atoms with Crippen molar-refractivity contribution in [2.45, 2.75) is 18.9 Å². The summed E-state index contributed by atoms with van der Waals surface area (Å²) in [6.45, 7) is 1.31. The number of hydrogen-bond donors (Lipinski definition) is 0. The van der Waals surface area contributed by atoms with Gasteiger partial charge in [0.1, 0.15) is 12.7 Å². The molecule has 0 aliphatic carbocycles. The fraction of sp³-hybridized carbons (Fsp3) is 0.500. The molecule has 0 saturated carbocycles. The summed E-state index contributed by atoms with van der Waals surface area (Å²) in [6.07, 6.45) is 5.14. The first-order valence-corrected chi connectivity index (χ1v) is 4.85. The molecule has 2 rings (SSSR count). The molecule has 1 aliphatic heterocycles. The van der Waals surface area contributed by atoms with E-state index in [4.69, 9.17) is 14.7 Å². The fourth-order valence-electron chi connectivity index (χ4n) is 1.40. The predicted molar refractivity (Wildman–Crippen MR) is 51.2 cm³/mol. The highest BCUT2D eigenvalue weighted by Gasteiger charge is 2.16. The van der Waals surface area contributed by atoms with Crippen molar-refractivity contribution in [2.75, 3.05) is 13.2 Å². The molecule has 0 N–H and O–H groups in total. The Balaban J connectivity index is 1.85. The number of aromatic nitrogens is 2. The lowest BCUT2D eigenvalue weighted by atomic mass is 10.2. The number of rotatable bonds is 3. The molecule has 5 heteroatoms. The predicted octanol–water partition coefficient (Wildman–Crippen LogP) is 0.906. The van der Waals surface area contributed by atoms with Crippen LogP contribution in [0.1, 0.15) is 18.5 Å². The van der Waals surface area contributed by atoms with Crippen LogP contribution in [0, 0.1) is 11.3 Å². The SMILES string of the molecule is N#Cc1cnc(OCC2CCCO2)cn1. The zero-order valence-corrected chi connectivity index (χ0v) is 8.22. The molecule has 1 aromatic rings. The molecule has 1 atom stereocenters. The van der Waals surface area contributed by atoms with Gasteiger partial charge < -0.3 is 9.47 Å². The Hall–Kier alpha value is -1.67. The van der Waals surface area contributed by atoms with E-state index in [-0.39, 0.29) is 6.10 Å². The van der Waals surface area contributed by atoms with E-state index in [0.29, 0.717) is 18.2 Å². The second kappa shape index (κ2) is 4.71. The number of hydrogen-bond acceptors (Lipinski definition) is 5. The quantitative estimate of drug-likeness (QED) is 0.733. The van der Waals surface area contributed by atoms with E-state index >= 15 is 0 Å². The van der Waals surface area contributed by atoms with E-state index in [1.807, 2.05) is 6.07 Å². The maximum atomic E-state index is 8.52. The summed E-state index contributed by atoms with van der Waals surface area (Å²) in [5, 5.41) is 8.52. The zero-order valence-electron chi connectivity index (χ0n) is 8.22. The van der Waals surface area contributed by atoms with Gasteiger partial charge in [0, 0.05) is 6.61 Å². The highest BCUT2D eigenvalue weighted by molar-refractivity contribution is 5.18. The van der Waals surface area contributed by atoms with Crippen molar-refractivity contribution in [1.29, 1.82) is 5.26 Å². The van der Waals surface area contributed by atoms with Crippen LogP contribution >= 0.6 is 0 Å². The Morgan fingerprint density at radius 1 is 1.53 bits per heavy atom. The molecule has 0 spiro atoms. The molecule has 2 heterocycles. The number of ether oxygens (including phenoxy) is 2. The lowest BCUT2D eigenvalue weighted by Gasteiger charge is -2.09. The van der Waals surface area contributed by atoms with Gasteiger partial charge in [-0.3, -0.25) is 0 Å². The lowest BCUT2D eigenvalue weighted by Crippen LogP contribution is -2.16. The smallest absolute Gasteiger partial charge is 0.232 e. The van der Waals surface area contributed by atoms with Crippen molar-refractivity contribution in [1.82, 2.24) is 9.97 Å². The molecule has 0 aromatic carbocycles. The fourth-order valence-corrected chi connectivity index (χ4v) is 1.40. The molecule has 15 heavy (non-hydrogen) atoms. The first-order chi connectivity index (χ1) is 7.38. The molecule has 1 saturated heterocycles. The third-order valence-electron chi connectivity index (χ3n) is 2.18. The van der Waals surface area contributed by atoms with E-state index in [1.165, 1.54) is 12.4 Å². The van der Waals surface area contributed by atoms with Gasteiger partial charge in [-0.15, -0.1) is 0 Å². The minimum atomic E-state index is 0.169. The van der Waals surface area contributed by atoms with Crippen molar-refractivity contribution in [2.24, 2.45) is 0 Å². The van der Waals surface area contributed by atoms with Crippen molar-refractivity contribution < 1.29 is 9.47 Å². The normalized spacial score (nSPS) is 19.8. The van der Waals surface area contributed by atoms with Gasteiger partial charge in [-0.25, -0.2) is 9.97 Å². The van der Waals surface area contributed by atoms with Crippen molar-refractivity contribution in [3.8, 4) is 11.9 Å². The van der Waals surface area contributed by atoms with Gasteiger partial charge in [0.25, 0.3) is 0 Å². The van der Waals surface area contributed by atoms with Crippen LogP contribution in [0.15, 0.2) is 12.4 Å². The Labute approximate surface area is 87.7 Å². The monoisotopic (exact) mass is 205 g/mol. The standard InChI is InChI=1S/C10H11N3O2/c11-4-8-5-13-10(6-12-8)15-7-9-2-1-3-14-9/h5-6,9H,1-3,7H2. The number of nitrogens with zero attached hydrogens (tertiary/aromatic N) is 3. The van der Waals surface area contributed by atoms with Gasteiger partial charge in [-0.05, 0) is 12.8 Å². The molecule has 1 fully saturated rings. The lowest BCUT2D eigenvalue weighted by molar-refractivity contribution is 0.0662. The first-order valence-electron chi connectivity index (χ1n) is 4.85. The average molecular weight is 205 g/mol. The zero-order chi connectivity index (χ0) is 10.5. The molecule has 78 valence electrons. The third-order valence-corrected chi connectivity index (χ3v) is 2.18. The topological polar surface area (TPSA) is 68.0 Å². The van der Waals surface area contributed by atoms with Crippen molar-refractivity contribution in [3.63, 3.8) is 0 Å². The molecule has 1 aliphatic rings. The second-order valence-corrected chi connectivity index (χ2v) is 3.30. The molecule has 0 bridgehead atoms. The van der Waals surface area contributed by atoms with Gasteiger partial charge in [-0.2, -0.15) is 5.26 Å². The van der Waals surface area contributed by atoms with E-state index in [1.54, 1.807) is 0 Å². The van der Waals surface area contributed by atoms with Crippen LogP contribution in [0.5, 0.6) is 5.88 Å². The maximum absolute atomic E-state index is 8.52. The van der Waals surface area contributed by atoms with Crippen LogP contribution in [0.3, 0.4) is 0 Å². The van der Waals surface area contributed by atoms with Crippen LogP contribution in [0.4, 0.5) is 0 Å². The second-order valence-electron chi connectivity index (χ2n) is 3.30. The summed E-state index contributed by atoms with van der Waals surface area (Å²) in [5.74, 6) is 0.435. The summed E-state index contributed by atoms with van der Waals surface area (Å²) in [4.78, 5) is 7.80. The Bertz CT molecular complexity index is 352. The summed E-state index contributed by atoms with van der Waals surface area (Å²) in [7, 11) is 0. The van der Waals surface area contributed by atoms with Crippen LogP contribution in [-0.4, -0.2) is 29.3 Å². The first kappa shape index (κ1) is 9.87. The largest absolute Gasteiger partial charge is 0.474 e. The van der Waals surface area contributed by atoms with Crippen LogP contribution < -0.4 is 4.74 Å². The molecule has 0 radical (unpaired) electrons. The highest BCUT2D eigenvalue weighted by atomic mass is 16.5. The molecule has 5 nitrogen and oxygen atoms in total. The Morgan fingerprint density at radius 3 is 3.07 bits per heavy atom. The molecular weight excluding hydrogens is 194 g/mol. The van der Waals surface area contributed by atoms with Gasteiger partial charge in [0.2, 0.25) is 5.88 Å². The van der Waals surface area contributed by atoms with Gasteiger partial charge in [-0.1, -0.05) is 0 Å². The van der Waals surface area contributed by atoms with E-state index in [9.17, 15) is 0 Å². The molecule has 0 amide bonds. The van der Waals surface area contributed by atoms with Crippen LogP contribution in [0.25, 0.3) is 0 Å². The van der Waals surface area contributed by atoms with Crippen molar-refractivity contribution >= 4 is 0 Å². The van der Waals surface area contributed by atoms with Gasteiger partial charge in [0.15, 0.2) is 5.69 Å². The minimum absolute atomic E-state index is 0.169. The van der Waals surface area contributed by atoms with Crippen molar-refractivity contribution in [3.05, 3.63) is 18.1 Å². The average Bonchev–Trinajstić information content (AvgIpc) is 2.80. The summed E-state index contributed by atoms with van der Waals surface area (Å²) in [5.41, 5.74) is 0.291. The minimum Gasteiger partial charge on any atom is -0.474 e. The highest BCUT2D eigenvalue weighted by Crippen LogP contribution is 2.13. The number of nitriles is 1. The Kier molecular flexibility index (Phi) is 3.10. The summed E-state index contributed by atoms with van der Waals surface area (Å²) in [6, 6.07) is 1.90. The maximum Gasteiger partial charge on any atom is 0.232 e. The van der Waals surface area contributed by atoms with E-state index in [2.05, 4.69) is 9.97 Å². The molecule has 1 aromatic heterocycles. The van der Waals surface area contributed by atoms with E-state index < -0.39 is 0 Å². The Morgan fingerprint density at radius 2 is 2.47 bits per heavy atom. The third kappa shape index (κ3) is 2.64. The summed E-state index contributed by atoms with van der Waals surface area (Å²) >= 11 is 0. The van der Waals surface area contributed by atoms with Crippen LogP contribution in [0.2, 0.25) is 0 Å². The van der Waals surface area contributed by atoms with Gasteiger partial charge in [0.05, 0.1) is 18.5 Å². The molecular formula is C10H11N3O2. The molecule has 1 unspecified atom stereocenters. The van der Waals surface area contributed by atoms with E-state index in [0.717, 1.165) is 19.4 Å². The summed E-state index contributed by atoms with van der Waals surface area (Å²) < 4.78 is 10.8. The van der Waals surface area contributed by atoms with Crippen LogP contribution in [-0.2, 0) is 4.74 Å².